The van der Waals surface area contributed by atoms with Crippen molar-refractivity contribution in [2.24, 2.45) is 0 Å². The first kappa shape index (κ1) is 15.1. The molecule has 0 heterocycles. The Bertz CT molecular complexity index is 426. The summed E-state index contributed by atoms with van der Waals surface area (Å²) < 4.78 is 19.1. The Kier molecular flexibility index (Phi) is 4.97. The van der Waals surface area contributed by atoms with Gasteiger partial charge in [-0.05, 0) is 31.2 Å². The van der Waals surface area contributed by atoms with Gasteiger partial charge in [0.05, 0.1) is 6.61 Å². The number of nitrogens with one attached hydrogen (secondary N) is 1. The predicted molar refractivity (Wildman–Crippen MR) is 66.0 cm³/mol. The van der Waals surface area contributed by atoms with Gasteiger partial charge in [0.15, 0.2) is 11.5 Å². The molecule has 1 amide bonds. The summed E-state index contributed by atoms with van der Waals surface area (Å²) in [4.78, 5) is 33.6. The molecule has 104 valence electrons. The van der Waals surface area contributed by atoms with Gasteiger partial charge < -0.3 is 10.1 Å². The standard InChI is InChI=1S/C13H16FNO4/c1-3-19-12(18)11(15-9(2)16)8-13(14)6-4-10(17)5-7-13/h4-7,11H,3,8H2,1-2H3,(H,15,16)/t11-/m0/s1. The third-order valence-electron chi connectivity index (χ3n) is 2.51. The minimum Gasteiger partial charge on any atom is -0.464 e. The van der Waals surface area contributed by atoms with E-state index in [2.05, 4.69) is 5.32 Å². The Labute approximate surface area is 110 Å². The topological polar surface area (TPSA) is 72.5 Å². The van der Waals surface area contributed by atoms with Crippen LogP contribution in [0.5, 0.6) is 0 Å². The molecule has 0 aromatic carbocycles. The van der Waals surface area contributed by atoms with E-state index in [0.717, 1.165) is 24.3 Å². The van der Waals surface area contributed by atoms with Crippen LogP contribution in [0.25, 0.3) is 0 Å². The summed E-state index contributed by atoms with van der Waals surface area (Å²) in [5.74, 6) is -1.48. The zero-order valence-corrected chi connectivity index (χ0v) is 10.8. The van der Waals surface area contributed by atoms with Crippen LogP contribution in [0, 0.1) is 0 Å². The number of esters is 1. The first-order valence-corrected chi connectivity index (χ1v) is 5.91. The molecule has 0 fully saturated rings. The van der Waals surface area contributed by atoms with Crippen molar-refractivity contribution >= 4 is 17.7 Å². The van der Waals surface area contributed by atoms with Gasteiger partial charge in [-0.25, -0.2) is 9.18 Å². The summed E-state index contributed by atoms with van der Waals surface area (Å²) in [5, 5.41) is 2.34. The summed E-state index contributed by atoms with van der Waals surface area (Å²) in [7, 11) is 0. The molecule has 0 saturated carbocycles. The number of carbonyl (C=O) groups is 3. The number of alkyl halides is 1. The van der Waals surface area contributed by atoms with Crippen molar-refractivity contribution in [2.75, 3.05) is 6.61 Å². The molecule has 1 aliphatic rings. The van der Waals surface area contributed by atoms with Crippen LogP contribution in [0.2, 0.25) is 0 Å². The van der Waals surface area contributed by atoms with Crippen LogP contribution in [0.3, 0.4) is 0 Å². The Morgan fingerprint density at radius 3 is 2.47 bits per heavy atom. The Morgan fingerprint density at radius 2 is 2.00 bits per heavy atom. The largest absolute Gasteiger partial charge is 0.464 e. The monoisotopic (exact) mass is 269 g/mol. The molecule has 1 atom stereocenters. The maximum atomic E-state index is 14.4. The van der Waals surface area contributed by atoms with Crippen molar-refractivity contribution in [2.45, 2.75) is 32.0 Å². The van der Waals surface area contributed by atoms with Gasteiger partial charge in [-0.2, -0.15) is 0 Å². The van der Waals surface area contributed by atoms with Gasteiger partial charge in [-0.15, -0.1) is 0 Å². The fourth-order valence-electron chi connectivity index (χ4n) is 1.68. The van der Waals surface area contributed by atoms with Crippen LogP contribution in [0.15, 0.2) is 24.3 Å². The van der Waals surface area contributed by atoms with Crippen molar-refractivity contribution < 1.29 is 23.5 Å². The second-order valence-corrected chi connectivity index (χ2v) is 4.21. The molecule has 1 aliphatic carbocycles. The number of halogens is 1. The highest BCUT2D eigenvalue weighted by atomic mass is 19.1. The van der Waals surface area contributed by atoms with E-state index in [-0.39, 0.29) is 18.8 Å². The molecule has 5 nitrogen and oxygen atoms in total. The first-order chi connectivity index (χ1) is 8.86. The van der Waals surface area contributed by atoms with E-state index < -0.39 is 23.6 Å². The Hall–Kier alpha value is -1.98. The number of amides is 1. The van der Waals surface area contributed by atoms with Gasteiger partial charge in [0.25, 0.3) is 0 Å². The van der Waals surface area contributed by atoms with Crippen LogP contribution in [0.1, 0.15) is 20.3 Å². The second-order valence-electron chi connectivity index (χ2n) is 4.21. The van der Waals surface area contributed by atoms with E-state index in [1.54, 1.807) is 6.92 Å². The molecule has 0 aromatic rings. The third-order valence-corrected chi connectivity index (χ3v) is 2.51. The predicted octanol–water partition coefficient (Wildman–Crippen LogP) is 0.848. The van der Waals surface area contributed by atoms with Crippen LogP contribution >= 0.6 is 0 Å². The molecule has 0 spiro atoms. The quantitative estimate of drug-likeness (QED) is 0.751. The van der Waals surface area contributed by atoms with Crippen molar-refractivity contribution in [3.05, 3.63) is 24.3 Å². The van der Waals surface area contributed by atoms with Crippen LogP contribution in [-0.2, 0) is 19.1 Å². The average Bonchev–Trinajstić information content (AvgIpc) is 2.32. The van der Waals surface area contributed by atoms with Gasteiger partial charge in [-0.1, -0.05) is 0 Å². The van der Waals surface area contributed by atoms with Crippen LogP contribution in [0.4, 0.5) is 4.39 Å². The summed E-state index contributed by atoms with van der Waals surface area (Å²) in [6, 6.07) is -1.09. The van der Waals surface area contributed by atoms with E-state index in [9.17, 15) is 18.8 Å². The normalized spacial score (nSPS) is 17.9. The Balaban J connectivity index is 2.79. The van der Waals surface area contributed by atoms with Gasteiger partial charge in [0.1, 0.15) is 6.04 Å². The van der Waals surface area contributed by atoms with Crippen LogP contribution < -0.4 is 5.32 Å². The number of carbonyl (C=O) groups excluding carboxylic acids is 3. The fraction of sp³-hybridized carbons (Fsp3) is 0.462. The highest BCUT2D eigenvalue weighted by molar-refractivity contribution is 6.00. The van der Waals surface area contributed by atoms with Gasteiger partial charge in [0.2, 0.25) is 5.91 Å². The molecule has 0 aromatic heterocycles. The summed E-state index contributed by atoms with van der Waals surface area (Å²) in [6.45, 7) is 2.98. The molecule has 19 heavy (non-hydrogen) atoms. The van der Waals surface area contributed by atoms with Crippen molar-refractivity contribution in [1.82, 2.24) is 5.32 Å². The van der Waals surface area contributed by atoms with E-state index >= 15 is 0 Å². The van der Waals surface area contributed by atoms with Crippen molar-refractivity contribution in [3.8, 4) is 0 Å². The lowest BCUT2D eigenvalue weighted by molar-refractivity contribution is -0.148. The van der Waals surface area contributed by atoms with Gasteiger partial charge in [-0.3, -0.25) is 9.59 Å². The second kappa shape index (κ2) is 6.26. The third kappa shape index (κ3) is 4.65. The Morgan fingerprint density at radius 1 is 1.42 bits per heavy atom. The molecular weight excluding hydrogens is 253 g/mol. The van der Waals surface area contributed by atoms with Crippen LogP contribution in [-0.4, -0.2) is 36.0 Å². The van der Waals surface area contributed by atoms with E-state index in [1.807, 2.05) is 0 Å². The average molecular weight is 269 g/mol. The molecule has 1 N–H and O–H groups in total. The fourth-order valence-corrected chi connectivity index (χ4v) is 1.68. The number of hydrogen-bond acceptors (Lipinski definition) is 4. The minimum atomic E-state index is -1.95. The number of rotatable bonds is 5. The first-order valence-electron chi connectivity index (χ1n) is 5.91. The molecule has 0 aliphatic heterocycles. The van der Waals surface area contributed by atoms with E-state index in [4.69, 9.17) is 4.74 Å². The van der Waals surface area contributed by atoms with Crippen molar-refractivity contribution in [3.63, 3.8) is 0 Å². The molecule has 0 radical (unpaired) electrons. The molecule has 1 rings (SSSR count). The van der Waals surface area contributed by atoms with Crippen molar-refractivity contribution in [1.29, 1.82) is 0 Å². The minimum absolute atomic E-state index is 0.137. The maximum absolute atomic E-state index is 14.4. The summed E-state index contributed by atoms with van der Waals surface area (Å²) >= 11 is 0. The zero-order valence-electron chi connectivity index (χ0n) is 10.8. The number of ether oxygens (including phenoxy) is 1. The smallest absolute Gasteiger partial charge is 0.328 e. The maximum Gasteiger partial charge on any atom is 0.328 e. The van der Waals surface area contributed by atoms with Gasteiger partial charge in [0, 0.05) is 13.3 Å². The SMILES string of the molecule is CCOC(=O)[C@H](CC1(F)C=CC(=O)C=C1)NC(C)=O. The highest BCUT2D eigenvalue weighted by Gasteiger charge is 2.34. The number of hydrogen-bond donors (Lipinski definition) is 1. The summed E-state index contributed by atoms with van der Waals surface area (Å²) in [6.07, 6.45) is 4.02. The highest BCUT2D eigenvalue weighted by Crippen LogP contribution is 2.25. The lowest BCUT2D eigenvalue weighted by Crippen LogP contribution is -2.45. The van der Waals surface area contributed by atoms with E-state index in [1.165, 1.54) is 6.92 Å². The lowest BCUT2D eigenvalue weighted by Gasteiger charge is -2.25. The molecule has 0 bridgehead atoms. The molecular formula is C13H16FNO4. The van der Waals surface area contributed by atoms with E-state index in [0.29, 0.717) is 0 Å². The molecule has 0 saturated heterocycles. The molecule has 6 heteroatoms. The lowest BCUT2D eigenvalue weighted by atomic mass is 9.92. The summed E-state index contributed by atoms with van der Waals surface area (Å²) in [5.41, 5.74) is -1.95. The number of ketones is 1. The zero-order chi connectivity index (χ0) is 14.5. The number of allylic oxidation sites excluding steroid dienone is 4. The van der Waals surface area contributed by atoms with Gasteiger partial charge >= 0.3 is 5.97 Å². The molecule has 0 unspecified atom stereocenters.